The average Bonchev–Trinajstić information content (AvgIpc) is 3.23. The summed E-state index contributed by atoms with van der Waals surface area (Å²) < 4.78 is 11.3. The number of nitrogens with zero attached hydrogens (tertiary/aromatic N) is 1. The van der Waals surface area contributed by atoms with Gasteiger partial charge in [-0.1, -0.05) is 48.5 Å². The highest BCUT2D eigenvalue weighted by Gasteiger charge is 2.25. The number of aryl methyl sites for hydroxylation is 1. The number of fused-ring (bicyclic) bond motifs is 1. The fraction of sp³-hybridized carbons (Fsp3) is 0.273. The molecule has 0 aliphatic carbocycles. The van der Waals surface area contributed by atoms with Crippen LogP contribution in [0.25, 0.3) is 0 Å². The molecule has 0 spiro atoms. The van der Waals surface area contributed by atoms with E-state index in [2.05, 4.69) is 15.6 Å². The van der Waals surface area contributed by atoms with Crippen molar-refractivity contribution >= 4 is 6.03 Å². The van der Waals surface area contributed by atoms with E-state index < -0.39 is 0 Å². The highest BCUT2D eigenvalue weighted by atomic mass is 16.5. The first-order chi connectivity index (χ1) is 13.7. The summed E-state index contributed by atoms with van der Waals surface area (Å²) in [7, 11) is 0. The molecule has 2 unspecified atom stereocenters. The summed E-state index contributed by atoms with van der Waals surface area (Å²) in [5, 5.41) is 6.00. The zero-order valence-corrected chi connectivity index (χ0v) is 15.7. The van der Waals surface area contributed by atoms with Gasteiger partial charge in [0.05, 0.1) is 12.2 Å². The minimum atomic E-state index is -0.351. The van der Waals surface area contributed by atoms with E-state index in [1.54, 1.807) is 6.20 Å². The minimum Gasteiger partial charge on any atom is -0.491 e. The van der Waals surface area contributed by atoms with Gasteiger partial charge in [0, 0.05) is 6.42 Å². The Morgan fingerprint density at radius 1 is 1.21 bits per heavy atom. The Kier molecular flexibility index (Phi) is 5.28. The Labute approximate surface area is 163 Å². The maximum Gasteiger partial charge on any atom is 0.315 e. The van der Waals surface area contributed by atoms with Crippen LogP contribution in [0.1, 0.15) is 28.6 Å². The molecule has 28 heavy (non-hydrogen) atoms. The van der Waals surface area contributed by atoms with E-state index in [0.717, 1.165) is 28.9 Å². The molecule has 2 heterocycles. The minimum absolute atomic E-state index is 0.0868. The molecule has 3 aromatic rings. The van der Waals surface area contributed by atoms with Gasteiger partial charge in [0.15, 0.2) is 0 Å². The SMILES string of the molecule is Cc1cccc2c1OCC(NC(=O)NC(Cc1ccccc1)c1ncco1)C2. The topological polar surface area (TPSA) is 76.4 Å². The van der Waals surface area contributed by atoms with Gasteiger partial charge in [0.25, 0.3) is 0 Å². The second-order valence-corrected chi connectivity index (χ2v) is 7.01. The van der Waals surface area contributed by atoms with Gasteiger partial charge in [0.1, 0.15) is 24.7 Å². The summed E-state index contributed by atoms with van der Waals surface area (Å²) in [6.45, 7) is 2.48. The van der Waals surface area contributed by atoms with Gasteiger partial charge in [0.2, 0.25) is 5.89 Å². The van der Waals surface area contributed by atoms with Gasteiger partial charge < -0.3 is 19.8 Å². The molecule has 6 heteroatoms. The van der Waals surface area contributed by atoms with Gasteiger partial charge in [-0.15, -0.1) is 0 Å². The van der Waals surface area contributed by atoms with Crippen molar-refractivity contribution in [1.29, 1.82) is 0 Å². The molecule has 1 aliphatic heterocycles. The van der Waals surface area contributed by atoms with Crippen molar-refractivity contribution in [3.8, 4) is 5.75 Å². The van der Waals surface area contributed by atoms with Crippen molar-refractivity contribution < 1.29 is 13.9 Å². The number of ether oxygens (including phenoxy) is 1. The van der Waals surface area contributed by atoms with Gasteiger partial charge in [-0.05, 0) is 30.0 Å². The molecule has 1 aromatic heterocycles. The monoisotopic (exact) mass is 377 g/mol. The lowest BCUT2D eigenvalue weighted by Crippen LogP contribution is -2.48. The molecule has 144 valence electrons. The van der Waals surface area contributed by atoms with Crippen molar-refractivity contribution in [2.75, 3.05) is 6.61 Å². The number of oxazole rings is 1. The van der Waals surface area contributed by atoms with Crippen molar-refractivity contribution in [3.63, 3.8) is 0 Å². The Morgan fingerprint density at radius 3 is 2.86 bits per heavy atom. The predicted octanol–water partition coefficient (Wildman–Crippen LogP) is 3.57. The van der Waals surface area contributed by atoms with Gasteiger partial charge in [-0.25, -0.2) is 9.78 Å². The van der Waals surface area contributed by atoms with E-state index >= 15 is 0 Å². The molecule has 0 fully saturated rings. The standard InChI is InChI=1S/C22H23N3O3/c1-15-6-5-9-17-13-18(14-28-20(15)17)24-22(26)25-19(21-23-10-11-27-21)12-16-7-3-2-4-8-16/h2-11,18-19H,12-14H2,1H3,(H2,24,25,26). The first-order valence-corrected chi connectivity index (χ1v) is 9.40. The molecule has 0 bridgehead atoms. The molecule has 0 radical (unpaired) electrons. The summed E-state index contributed by atoms with van der Waals surface area (Å²) in [6, 6.07) is 15.3. The number of para-hydroxylation sites is 1. The Balaban J connectivity index is 1.41. The van der Waals surface area contributed by atoms with Crippen LogP contribution in [0.4, 0.5) is 4.79 Å². The quantitative estimate of drug-likeness (QED) is 0.713. The molecule has 2 N–H and O–H groups in total. The van der Waals surface area contributed by atoms with Crippen LogP contribution in [0, 0.1) is 6.92 Å². The van der Waals surface area contributed by atoms with E-state index in [9.17, 15) is 4.79 Å². The van der Waals surface area contributed by atoms with Gasteiger partial charge >= 0.3 is 6.03 Å². The zero-order valence-electron chi connectivity index (χ0n) is 15.7. The molecule has 2 amide bonds. The number of rotatable bonds is 5. The first kappa shape index (κ1) is 18.1. The van der Waals surface area contributed by atoms with E-state index in [0.29, 0.717) is 18.9 Å². The number of hydrogen-bond donors (Lipinski definition) is 2. The van der Waals surface area contributed by atoms with Crippen LogP contribution >= 0.6 is 0 Å². The smallest absolute Gasteiger partial charge is 0.315 e. The number of benzene rings is 2. The number of carbonyl (C=O) groups is 1. The molecule has 0 saturated carbocycles. The van der Waals surface area contributed by atoms with Crippen LogP contribution in [-0.2, 0) is 12.8 Å². The van der Waals surface area contributed by atoms with Gasteiger partial charge in [-0.2, -0.15) is 0 Å². The Hall–Kier alpha value is -3.28. The summed E-state index contributed by atoms with van der Waals surface area (Å²) in [6.07, 6.45) is 4.44. The van der Waals surface area contributed by atoms with Crippen LogP contribution in [0.3, 0.4) is 0 Å². The second kappa shape index (κ2) is 8.17. The molecule has 6 nitrogen and oxygen atoms in total. The summed E-state index contributed by atoms with van der Waals surface area (Å²) >= 11 is 0. The highest BCUT2D eigenvalue weighted by molar-refractivity contribution is 5.74. The number of amides is 2. The average molecular weight is 377 g/mol. The van der Waals surface area contributed by atoms with E-state index in [1.165, 1.54) is 6.26 Å². The normalized spacial score (nSPS) is 16.5. The highest BCUT2D eigenvalue weighted by Crippen LogP contribution is 2.28. The molecule has 0 saturated heterocycles. The van der Waals surface area contributed by atoms with Crippen molar-refractivity contribution in [1.82, 2.24) is 15.6 Å². The number of nitrogens with one attached hydrogen (secondary N) is 2. The lowest BCUT2D eigenvalue weighted by atomic mass is 10.00. The fourth-order valence-corrected chi connectivity index (χ4v) is 3.52. The first-order valence-electron chi connectivity index (χ1n) is 9.40. The van der Waals surface area contributed by atoms with Crippen molar-refractivity contribution in [2.45, 2.75) is 31.8 Å². The third-order valence-electron chi connectivity index (χ3n) is 4.86. The van der Waals surface area contributed by atoms with E-state index in [1.807, 2.05) is 55.5 Å². The maximum atomic E-state index is 12.6. The Morgan fingerprint density at radius 2 is 2.07 bits per heavy atom. The molecular formula is C22H23N3O3. The lowest BCUT2D eigenvalue weighted by molar-refractivity contribution is 0.209. The third-order valence-corrected chi connectivity index (χ3v) is 4.86. The molecule has 2 aromatic carbocycles. The van der Waals surface area contributed by atoms with Crippen molar-refractivity contribution in [3.05, 3.63) is 83.6 Å². The summed E-state index contributed by atoms with van der Waals surface area (Å²) in [4.78, 5) is 16.9. The fourth-order valence-electron chi connectivity index (χ4n) is 3.52. The summed E-state index contributed by atoms with van der Waals surface area (Å²) in [5.41, 5.74) is 3.33. The van der Waals surface area contributed by atoms with Crippen LogP contribution in [0.2, 0.25) is 0 Å². The molecular weight excluding hydrogens is 354 g/mol. The largest absolute Gasteiger partial charge is 0.491 e. The zero-order chi connectivity index (χ0) is 19.3. The summed E-state index contributed by atoms with van der Waals surface area (Å²) in [5.74, 6) is 1.42. The van der Waals surface area contributed by atoms with Crippen LogP contribution in [0.5, 0.6) is 5.75 Å². The van der Waals surface area contributed by atoms with Gasteiger partial charge in [-0.3, -0.25) is 0 Å². The van der Waals surface area contributed by atoms with Crippen LogP contribution in [0.15, 0.2) is 65.4 Å². The maximum absolute atomic E-state index is 12.6. The molecule has 1 aliphatic rings. The van der Waals surface area contributed by atoms with Crippen LogP contribution in [-0.4, -0.2) is 23.7 Å². The van der Waals surface area contributed by atoms with Crippen LogP contribution < -0.4 is 15.4 Å². The number of aromatic nitrogens is 1. The second-order valence-electron chi connectivity index (χ2n) is 7.01. The lowest BCUT2D eigenvalue weighted by Gasteiger charge is -2.28. The number of carbonyl (C=O) groups excluding carboxylic acids is 1. The molecule has 2 atom stereocenters. The van der Waals surface area contributed by atoms with Crippen molar-refractivity contribution in [2.24, 2.45) is 0 Å². The van der Waals surface area contributed by atoms with E-state index in [4.69, 9.17) is 9.15 Å². The number of urea groups is 1. The van der Waals surface area contributed by atoms with E-state index in [-0.39, 0.29) is 18.1 Å². The number of hydrogen-bond acceptors (Lipinski definition) is 4. The predicted molar refractivity (Wildman–Crippen MR) is 105 cm³/mol. The Bertz CT molecular complexity index is 925. The molecule has 4 rings (SSSR count). The third kappa shape index (κ3) is 4.17.